The molecule has 10 heterocycles. The van der Waals surface area contributed by atoms with Crippen molar-refractivity contribution in [2.45, 2.75) is 179 Å². The van der Waals surface area contributed by atoms with Crippen LogP contribution < -0.4 is 0 Å². The van der Waals surface area contributed by atoms with E-state index in [1.54, 1.807) is 12.5 Å². The first kappa shape index (κ1) is 80.9. The third-order valence-corrected chi connectivity index (χ3v) is 10.0. The lowest BCUT2D eigenvalue weighted by molar-refractivity contribution is 0.368. The summed E-state index contributed by atoms with van der Waals surface area (Å²) in [5.74, 6) is 0. The Bertz CT molecular complexity index is 3300. The van der Waals surface area contributed by atoms with Gasteiger partial charge in [0.2, 0.25) is 0 Å². The number of benzene rings is 2. The fourth-order valence-electron chi connectivity index (χ4n) is 6.73. The molecule has 486 valence electrons. The molecule has 89 heavy (non-hydrogen) atoms. The number of rotatable bonds is 0. The maximum Gasteiger partial charge on any atom is 0.162 e. The van der Waals surface area contributed by atoms with Crippen molar-refractivity contribution in [1.29, 1.82) is 0 Å². The largest absolute Gasteiger partial charge is 0.350 e. The second-order valence-electron chi connectivity index (χ2n) is 27.6. The van der Waals surface area contributed by atoms with E-state index in [2.05, 4.69) is 234 Å². The van der Waals surface area contributed by atoms with Crippen LogP contribution in [0.4, 0.5) is 0 Å². The van der Waals surface area contributed by atoms with Crippen LogP contribution in [0.2, 0.25) is 0 Å². The van der Waals surface area contributed by atoms with E-state index in [0.717, 1.165) is 22.3 Å². The number of fused-ring (bicyclic) bond motifs is 6. The smallest absolute Gasteiger partial charge is 0.162 e. The number of para-hydroxylation sites is 2. The van der Waals surface area contributed by atoms with E-state index >= 15 is 0 Å². The number of imidazole rings is 1. The van der Waals surface area contributed by atoms with Gasteiger partial charge in [-0.05, 0) is 103 Å². The van der Waals surface area contributed by atoms with Gasteiger partial charge in [0.15, 0.2) is 5.65 Å². The lowest BCUT2D eigenvalue weighted by atomic mass is 10.0. The molecule has 13 nitrogen and oxygen atoms in total. The molecule has 0 atom stereocenters. The molecule has 0 radical (unpaired) electrons. The van der Waals surface area contributed by atoms with Gasteiger partial charge < -0.3 is 18.3 Å². The molecule has 0 spiro atoms. The minimum atomic E-state index is 0.0586. The molecule has 13 heteroatoms. The van der Waals surface area contributed by atoms with Gasteiger partial charge in [0, 0.05) is 105 Å². The molecule has 0 aliphatic heterocycles. The first-order valence-corrected chi connectivity index (χ1v) is 31.4. The average Bonchev–Trinajstić information content (AvgIpc) is 3.36. The fourth-order valence-corrected chi connectivity index (χ4v) is 6.73. The molecule has 0 saturated carbocycles. The molecule has 0 aliphatic carbocycles. The molecule has 12 aromatic rings. The summed E-state index contributed by atoms with van der Waals surface area (Å²) in [7, 11) is 7.95. The molecule has 0 N–H and O–H groups in total. The maximum absolute atomic E-state index is 4.38. The van der Waals surface area contributed by atoms with E-state index in [0.29, 0.717) is 21.7 Å². The summed E-state index contributed by atoms with van der Waals surface area (Å²) in [4.78, 5) is 28.3. The van der Waals surface area contributed by atoms with E-state index in [4.69, 9.17) is 0 Å². The van der Waals surface area contributed by atoms with Crippen molar-refractivity contribution < 1.29 is 0 Å². The lowest BCUT2D eigenvalue weighted by Crippen LogP contribution is -2.22. The van der Waals surface area contributed by atoms with Crippen molar-refractivity contribution in [3.8, 4) is 0 Å². The molecular formula is C76H117N13. The Labute approximate surface area is 538 Å². The van der Waals surface area contributed by atoms with Crippen LogP contribution in [0.5, 0.6) is 0 Å². The van der Waals surface area contributed by atoms with E-state index in [9.17, 15) is 0 Å². The molecule has 0 saturated heterocycles. The summed E-state index contributed by atoms with van der Waals surface area (Å²) in [5, 5.41) is 10.4. The fraction of sp³-hybridized carbons (Fsp3) is 0.447. The molecule has 0 bridgehead atoms. The lowest BCUT2D eigenvalue weighted by Gasteiger charge is -2.20. The number of hydrogen-bond donors (Lipinski definition) is 0. The Balaban J connectivity index is 0.000000973. The van der Waals surface area contributed by atoms with E-state index < -0.39 is 0 Å². The van der Waals surface area contributed by atoms with Crippen molar-refractivity contribution in [2.75, 3.05) is 0 Å². The van der Waals surface area contributed by atoms with Crippen LogP contribution in [0, 0.1) is 21.7 Å². The predicted molar refractivity (Wildman–Crippen MR) is 389 cm³/mol. The highest BCUT2D eigenvalue weighted by molar-refractivity contribution is 5.80. The molecule has 10 aromatic heterocycles. The first-order valence-electron chi connectivity index (χ1n) is 31.4. The molecular weight excluding hydrogens is 1090 g/mol. The minimum Gasteiger partial charge on any atom is -0.350 e. The van der Waals surface area contributed by atoms with Gasteiger partial charge in [-0.3, -0.25) is 19.6 Å². The highest BCUT2D eigenvalue weighted by Gasteiger charge is 2.16. The van der Waals surface area contributed by atoms with Crippen LogP contribution in [0.3, 0.4) is 0 Å². The summed E-state index contributed by atoms with van der Waals surface area (Å²) in [6, 6.07) is 34.6. The van der Waals surface area contributed by atoms with Gasteiger partial charge >= 0.3 is 0 Å². The van der Waals surface area contributed by atoms with Crippen molar-refractivity contribution >= 4 is 65.8 Å². The van der Waals surface area contributed by atoms with Crippen molar-refractivity contribution in [3.63, 3.8) is 0 Å². The van der Waals surface area contributed by atoms with Gasteiger partial charge in [0.25, 0.3) is 0 Å². The van der Waals surface area contributed by atoms with Crippen molar-refractivity contribution in [1.82, 2.24) is 62.9 Å². The second kappa shape index (κ2) is 40.5. The Morgan fingerprint density at radius 3 is 1.28 bits per heavy atom. The van der Waals surface area contributed by atoms with Gasteiger partial charge in [-0.25, -0.2) is 19.9 Å². The Hall–Kier alpha value is -8.06. The standard InChI is InChI=1S/C11H14N2.C9H7N.3C8H8N2.C6H6N4.4C5H12.3C2H6/c1-11(2,3)13-10-7-5-4-6-9(10)8-12-13;1-2-6-9-8(4-1)5-3-7-10-9;1-10-5-3-7-6-9-4-2-8(7)10;1-10-5-3-7-2-4-9-6-8(7)10;1-10-6-4-7-3-2-5-9-8(7)10;1-10-4-9-5-2-7-3-8-6(5)10;4*1-5(2,3)4;3*1-2/h4-8H,1-3H3;1-7H;3*2-6H,1H3;2-4H,1H3;4*1-4H3;3*1-2H3. The summed E-state index contributed by atoms with van der Waals surface area (Å²) >= 11 is 0. The van der Waals surface area contributed by atoms with Crippen LogP contribution in [-0.4, -0.2) is 62.9 Å². The topological polar surface area (TPSA) is 128 Å². The zero-order chi connectivity index (χ0) is 68.2. The number of aromatic nitrogens is 13. The third kappa shape index (κ3) is 36.1. The van der Waals surface area contributed by atoms with Crippen molar-refractivity contribution in [3.05, 3.63) is 184 Å². The molecule has 0 unspecified atom stereocenters. The minimum absolute atomic E-state index is 0.0586. The summed E-state index contributed by atoms with van der Waals surface area (Å²) in [5.41, 5.74) is 9.49. The zero-order valence-electron chi connectivity index (χ0n) is 60.6. The Kier molecular flexibility index (Phi) is 36.8. The van der Waals surface area contributed by atoms with Gasteiger partial charge in [-0.15, -0.1) is 0 Å². The van der Waals surface area contributed by atoms with Gasteiger partial charge in [-0.1, -0.05) is 195 Å². The van der Waals surface area contributed by atoms with Crippen LogP contribution in [0.15, 0.2) is 184 Å². The molecule has 12 rings (SSSR count). The number of pyridine rings is 4. The van der Waals surface area contributed by atoms with E-state index in [1.165, 1.54) is 49.8 Å². The van der Waals surface area contributed by atoms with Gasteiger partial charge in [-0.2, -0.15) is 5.10 Å². The highest BCUT2D eigenvalue weighted by atomic mass is 15.3. The Morgan fingerprint density at radius 2 is 0.753 bits per heavy atom. The summed E-state index contributed by atoms with van der Waals surface area (Å²) in [6.45, 7) is 53.5. The molecule has 0 aliphatic rings. The average molecular weight is 1210 g/mol. The normalized spacial score (nSPS) is 10.5. The number of nitrogens with zero attached hydrogens (tertiary/aromatic N) is 13. The quantitative estimate of drug-likeness (QED) is 0.147. The zero-order valence-corrected chi connectivity index (χ0v) is 60.6. The molecule has 0 amide bonds. The predicted octanol–water partition coefficient (Wildman–Crippen LogP) is 21.4. The molecule has 2 aromatic carbocycles. The van der Waals surface area contributed by atoms with Gasteiger partial charge in [0.1, 0.15) is 17.5 Å². The first-order chi connectivity index (χ1) is 41.6. The maximum atomic E-state index is 4.38. The van der Waals surface area contributed by atoms with Crippen LogP contribution in [0.25, 0.3) is 65.8 Å². The Morgan fingerprint density at radius 1 is 0.303 bits per heavy atom. The third-order valence-electron chi connectivity index (χ3n) is 10.0. The van der Waals surface area contributed by atoms with Gasteiger partial charge in [0.05, 0.1) is 52.5 Å². The SMILES string of the molecule is CC.CC.CC.CC(C)(C)C.CC(C)(C)C.CC(C)(C)C.CC(C)(C)C.CC(C)(C)n1ncc2ccccc21.Cn1ccc2cccnc21.Cn1ccc2ccncc21.Cn1ccc2cnccc21.Cn1cnc2cncnc21.c1ccc2ncccc2c1. The number of aryl methyl sites for hydroxylation is 4. The van der Waals surface area contributed by atoms with Crippen molar-refractivity contribution in [2.24, 2.45) is 49.9 Å². The van der Waals surface area contributed by atoms with Crippen LogP contribution in [-0.2, 0) is 33.7 Å². The monoisotopic (exact) mass is 1210 g/mol. The number of hydrogen-bond acceptors (Lipinski definition) is 8. The second-order valence-corrected chi connectivity index (χ2v) is 27.6. The van der Waals surface area contributed by atoms with Crippen LogP contribution in [0.1, 0.15) is 173 Å². The highest BCUT2D eigenvalue weighted by Crippen LogP contribution is 2.21. The van der Waals surface area contributed by atoms with Crippen LogP contribution >= 0.6 is 0 Å². The molecule has 0 fully saturated rings. The summed E-state index contributed by atoms with van der Waals surface area (Å²) < 4.78 is 10.1. The van der Waals surface area contributed by atoms with E-state index in [1.807, 2.05) is 195 Å². The summed E-state index contributed by atoms with van der Waals surface area (Å²) in [6.07, 6.45) is 23.9. The van der Waals surface area contributed by atoms with E-state index in [-0.39, 0.29) is 5.54 Å².